The SMILES string of the molecule is O=c1[nH]c(C2CC3CCC2C3)ncc1Br. The first-order valence-electron chi connectivity index (χ1n) is 5.49. The summed E-state index contributed by atoms with van der Waals surface area (Å²) in [6.07, 6.45) is 6.87. The van der Waals surface area contributed by atoms with Gasteiger partial charge in [0, 0.05) is 12.1 Å². The summed E-state index contributed by atoms with van der Waals surface area (Å²) in [5, 5.41) is 0. The van der Waals surface area contributed by atoms with E-state index in [1.165, 1.54) is 25.7 Å². The quantitative estimate of drug-likeness (QED) is 0.851. The van der Waals surface area contributed by atoms with Crippen molar-refractivity contribution in [3.05, 3.63) is 26.8 Å². The van der Waals surface area contributed by atoms with Crippen LogP contribution in [-0.4, -0.2) is 9.97 Å². The molecule has 3 unspecified atom stereocenters. The lowest BCUT2D eigenvalue weighted by Crippen LogP contribution is -2.18. The van der Waals surface area contributed by atoms with E-state index >= 15 is 0 Å². The van der Waals surface area contributed by atoms with E-state index in [0.29, 0.717) is 10.4 Å². The molecule has 1 N–H and O–H groups in total. The molecule has 0 aliphatic heterocycles. The summed E-state index contributed by atoms with van der Waals surface area (Å²) >= 11 is 3.17. The molecular formula is C11H13BrN2O. The second-order valence-electron chi connectivity index (χ2n) is 4.73. The molecule has 3 nitrogen and oxygen atoms in total. The van der Waals surface area contributed by atoms with Crippen molar-refractivity contribution in [2.45, 2.75) is 31.6 Å². The van der Waals surface area contributed by atoms with Crippen molar-refractivity contribution in [2.24, 2.45) is 11.8 Å². The van der Waals surface area contributed by atoms with E-state index < -0.39 is 0 Å². The van der Waals surface area contributed by atoms with Crippen molar-refractivity contribution in [3.63, 3.8) is 0 Å². The molecule has 15 heavy (non-hydrogen) atoms. The molecule has 2 bridgehead atoms. The van der Waals surface area contributed by atoms with Crippen molar-refractivity contribution in [2.75, 3.05) is 0 Å². The largest absolute Gasteiger partial charge is 0.309 e. The Kier molecular flexibility index (Phi) is 2.20. The molecule has 1 aromatic rings. The predicted molar refractivity (Wildman–Crippen MR) is 60.7 cm³/mol. The van der Waals surface area contributed by atoms with Crippen LogP contribution >= 0.6 is 15.9 Å². The van der Waals surface area contributed by atoms with Crippen molar-refractivity contribution in [3.8, 4) is 0 Å². The zero-order valence-corrected chi connectivity index (χ0v) is 9.96. The van der Waals surface area contributed by atoms with E-state index in [9.17, 15) is 4.79 Å². The molecule has 0 amide bonds. The smallest absolute Gasteiger partial charge is 0.265 e. The summed E-state index contributed by atoms with van der Waals surface area (Å²) < 4.78 is 0.523. The van der Waals surface area contributed by atoms with Crippen molar-refractivity contribution >= 4 is 15.9 Å². The summed E-state index contributed by atoms with van der Waals surface area (Å²) in [4.78, 5) is 18.7. The maximum atomic E-state index is 11.5. The van der Waals surface area contributed by atoms with Gasteiger partial charge in [-0.25, -0.2) is 4.98 Å². The van der Waals surface area contributed by atoms with E-state index in [-0.39, 0.29) is 5.56 Å². The number of fused-ring (bicyclic) bond motifs is 2. The van der Waals surface area contributed by atoms with E-state index in [0.717, 1.165) is 17.7 Å². The van der Waals surface area contributed by atoms with Crippen LogP contribution in [0.2, 0.25) is 0 Å². The van der Waals surface area contributed by atoms with E-state index in [1.54, 1.807) is 6.20 Å². The predicted octanol–water partition coefficient (Wildman–Crippen LogP) is 2.44. The van der Waals surface area contributed by atoms with Crippen LogP contribution in [0.25, 0.3) is 0 Å². The van der Waals surface area contributed by atoms with Crippen LogP contribution in [0, 0.1) is 11.8 Å². The molecule has 2 saturated carbocycles. The second-order valence-corrected chi connectivity index (χ2v) is 5.58. The molecule has 3 rings (SSSR count). The lowest BCUT2D eigenvalue weighted by atomic mass is 9.88. The normalized spacial score (nSPS) is 33.5. The van der Waals surface area contributed by atoms with Crippen molar-refractivity contribution < 1.29 is 0 Å². The highest BCUT2D eigenvalue weighted by Crippen LogP contribution is 2.51. The number of H-pyrrole nitrogens is 1. The van der Waals surface area contributed by atoms with Crippen LogP contribution in [0.1, 0.15) is 37.4 Å². The van der Waals surface area contributed by atoms with Crippen molar-refractivity contribution in [1.82, 2.24) is 9.97 Å². The fourth-order valence-electron chi connectivity index (χ4n) is 3.16. The average molecular weight is 269 g/mol. The van der Waals surface area contributed by atoms with Crippen LogP contribution in [0.4, 0.5) is 0 Å². The van der Waals surface area contributed by atoms with E-state index in [1.807, 2.05) is 0 Å². The zero-order chi connectivity index (χ0) is 10.4. The summed E-state index contributed by atoms with van der Waals surface area (Å²) in [6.45, 7) is 0. The Bertz CT molecular complexity index is 442. The third-order valence-corrected chi connectivity index (χ3v) is 4.43. The molecule has 4 heteroatoms. The zero-order valence-electron chi connectivity index (χ0n) is 8.37. The molecule has 0 saturated heterocycles. The molecule has 0 radical (unpaired) electrons. The third kappa shape index (κ3) is 1.55. The Morgan fingerprint density at radius 2 is 2.27 bits per heavy atom. The highest BCUT2D eigenvalue weighted by atomic mass is 79.9. The number of hydrogen-bond donors (Lipinski definition) is 1. The molecule has 0 spiro atoms. The number of hydrogen-bond acceptors (Lipinski definition) is 2. The van der Waals surface area contributed by atoms with Crippen LogP contribution in [0.5, 0.6) is 0 Å². The number of aromatic amines is 1. The molecule has 3 atom stereocenters. The van der Waals surface area contributed by atoms with Gasteiger partial charge in [0.05, 0.1) is 0 Å². The van der Waals surface area contributed by atoms with Gasteiger partial charge in [0.2, 0.25) is 0 Å². The van der Waals surface area contributed by atoms with Gasteiger partial charge in [0.25, 0.3) is 5.56 Å². The molecule has 80 valence electrons. The third-order valence-electron chi connectivity index (χ3n) is 3.86. The fourth-order valence-corrected chi connectivity index (χ4v) is 3.36. The monoisotopic (exact) mass is 268 g/mol. The number of rotatable bonds is 1. The number of nitrogens with one attached hydrogen (secondary N) is 1. The van der Waals surface area contributed by atoms with Gasteiger partial charge in [-0.15, -0.1) is 0 Å². The minimum Gasteiger partial charge on any atom is -0.309 e. The summed E-state index contributed by atoms with van der Waals surface area (Å²) in [6, 6.07) is 0. The van der Waals surface area contributed by atoms with Gasteiger partial charge in [0.15, 0.2) is 0 Å². The van der Waals surface area contributed by atoms with E-state index in [2.05, 4.69) is 25.9 Å². The van der Waals surface area contributed by atoms with Crippen molar-refractivity contribution in [1.29, 1.82) is 0 Å². The van der Waals surface area contributed by atoms with Gasteiger partial charge in [0.1, 0.15) is 10.3 Å². The highest BCUT2D eigenvalue weighted by molar-refractivity contribution is 9.10. The molecule has 1 heterocycles. The second kappa shape index (κ2) is 3.44. The standard InChI is InChI=1S/C11H13BrN2O/c12-9-5-13-10(14-11(9)15)8-4-6-1-2-7(8)3-6/h5-8H,1-4H2,(H,13,14,15). The van der Waals surface area contributed by atoms with Gasteiger partial charge in [-0.1, -0.05) is 6.42 Å². The minimum atomic E-state index is -0.0530. The number of aromatic nitrogens is 2. The Morgan fingerprint density at radius 1 is 1.40 bits per heavy atom. The first kappa shape index (κ1) is 9.58. The maximum Gasteiger partial charge on any atom is 0.265 e. The summed E-state index contributed by atoms with van der Waals surface area (Å²) in [5.74, 6) is 3.05. The maximum absolute atomic E-state index is 11.5. The molecule has 2 fully saturated rings. The Morgan fingerprint density at radius 3 is 2.87 bits per heavy atom. The minimum absolute atomic E-state index is 0.0530. The lowest BCUT2D eigenvalue weighted by Gasteiger charge is -2.20. The van der Waals surface area contributed by atoms with Gasteiger partial charge >= 0.3 is 0 Å². The van der Waals surface area contributed by atoms with Gasteiger partial charge in [-0.3, -0.25) is 4.79 Å². The lowest BCUT2D eigenvalue weighted by molar-refractivity contribution is 0.404. The topological polar surface area (TPSA) is 45.8 Å². The van der Waals surface area contributed by atoms with Gasteiger partial charge < -0.3 is 4.98 Å². The summed E-state index contributed by atoms with van der Waals surface area (Å²) in [5.41, 5.74) is -0.0530. The first-order valence-corrected chi connectivity index (χ1v) is 6.28. The molecule has 2 aliphatic carbocycles. The Balaban J connectivity index is 1.93. The van der Waals surface area contributed by atoms with E-state index in [4.69, 9.17) is 0 Å². The molecular weight excluding hydrogens is 256 g/mol. The average Bonchev–Trinajstić information content (AvgIpc) is 2.83. The number of halogens is 1. The molecule has 2 aliphatic rings. The molecule has 1 aromatic heterocycles. The Hall–Kier alpha value is -0.640. The summed E-state index contributed by atoms with van der Waals surface area (Å²) in [7, 11) is 0. The highest BCUT2D eigenvalue weighted by Gasteiger charge is 2.41. The first-order chi connectivity index (χ1) is 7.24. The number of nitrogens with zero attached hydrogens (tertiary/aromatic N) is 1. The van der Waals surface area contributed by atoms with Gasteiger partial charge in [-0.2, -0.15) is 0 Å². The van der Waals surface area contributed by atoms with Crippen LogP contribution < -0.4 is 5.56 Å². The molecule has 0 aromatic carbocycles. The Labute approximate surface area is 96.4 Å². The van der Waals surface area contributed by atoms with Gasteiger partial charge in [-0.05, 0) is 47.0 Å². The van der Waals surface area contributed by atoms with Crippen LogP contribution in [-0.2, 0) is 0 Å². The van der Waals surface area contributed by atoms with Crippen LogP contribution in [0.15, 0.2) is 15.5 Å². The fraction of sp³-hybridized carbons (Fsp3) is 0.636. The van der Waals surface area contributed by atoms with Crippen LogP contribution in [0.3, 0.4) is 0 Å².